The Balaban J connectivity index is 2.63. The van der Waals surface area contributed by atoms with Crippen LogP contribution in [0.5, 0.6) is 0 Å². The van der Waals surface area contributed by atoms with E-state index >= 15 is 0 Å². The summed E-state index contributed by atoms with van der Waals surface area (Å²) in [5, 5.41) is 11.3. The number of halogens is 1. The van der Waals surface area contributed by atoms with Gasteiger partial charge in [0.15, 0.2) is 0 Å². The normalized spacial score (nSPS) is 12.2. The Kier molecular flexibility index (Phi) is 5.62. The van der Waals surface area contributed by atoms with E-state index in [1.807, 2.05) is 12.1 Å². The first kappa shape index (κ1) is 15.3. The highest BCUT2D eigenvalue weighted by Gasteiger charge is 2.17. The molecule has 0 aliphatic rings. The van der Waals surface area contributed by atoms with Crippen molar-refractivity contribution in [2.45, 2.75) is 19.9 Å². The van der Waals surface area contributed by atoms with Crippen molar-refractivity contribution in [2.75, 3.05) is 7.05 Å². The van der Waals surface area contributed by atoms with Gasteiger partial charge in [-0.05, 0) is 31.2 Å². The lowest BCUT2D eigenvalue weighted by molar-refractivity contribution is -0.134. The lowest BCUT2D eigenvalue weighted by Crippen LogP contribution is -2.42. The van der Waals surface area contributed by atoms with Crippen molar-refractivity contribution in [3.05, 3.63) is 28.7 Å². The van der Waals surface area contributed by atoms with Gasteiger partial charge in [-0.1, -0.05) is 21.2 Å². The van der Waals surface area contributed by atoms with Crippen LogP contribution < -0.4 is 5.32 Å². The second-order valence-corrected chi connectivity index (χ2v) is 4.87. The Bertz CT molecular complexity index is 487. The number of nitrogens with zero attached hydrogens (tertiary/aromatic N) is 3. The number of benzene rings is 1. The molecular weight excluding hydrogens is 312 g/mol. The SMILES string of the molecule is CC(=O)N[C@@H](C)C(=O)N(C)N=Nc1ccc(Br)cc1. The Morgan fingerprint density at radius 2 is 1.89 bits per heavy atom. The molecule has 0 saturated heterocycles. The lowest BCUT2D eigenvalue weighted by atomic mass is 10.3. The summed E-state index contributed by atoms with van der Waals surface area (Å²) in [6.45, 7) is 2.95. The summed E-state index contributed by atoms with van der Waals surface area (Å²) in [6, 6.07) is 6.56. The largest absolute Gasteiger partial charge is 0.345 e. The Morgan fingerprint density at radius 1 is 1.32 bits per heavy atom. The number of nitrogens with one attached hydrogen (secondary N) is 1. The molecule has 1 atom stereocenters. The predicted molar refractivity (Wildman–Crippen MR) is 74.7 cm³/mol. The summed E-state index contributed by atoms with van der Waals surface area (Å²) in [7, 11) is 1.49. The van der Waals surface area contributed by atoms with Crippen molar-refractivity contribution in [2.24, 2.45) is 10.3 Å². The summed E-state index contributed by atoms with van der Waals surface area (Å²) < 4.78 is 0.940. The highest BCUT2D eigenvalue weighted by Crippen LogP contribution is 2.17. The molecule has 0 aromatic heterocycles. The van der Waals surface area contributed by atoms with Gasteiger partial charge in [0.05, 0.1) is 5.69 Å². The minimum absolute atomic E-state index is 0.265. The minimum Gasteiger partial charge on any atom is -0.345 e. The van der Waals surface area contributed by atoms with Crippen molar-refractivity contribution in [3.63, 3.8) is 0 Å². The maximum Gasteiger partial charge on any atom is 0.266 e. The molecule has 19 heavy (non-hydrogen) atoms. The minimum atomic E-state index is -0.633. The van der Waals surface area contributed by atoms with Gasteiger partial charge >= 0.3 is 0 Å². The van der Waals surface area contributed by atoms with Crippen LogP contribution in [0.15, 0.2) is 39.1 Å². The van der Waals surface area contributed by atoms with Crippen LogP contribution in [0.3, 0.4) is 0 Å². The van der Waals surface area contributed by atoms with E-state index in [0.717, 1.165) is 9.48 Å². The number of rotatable bonds is 4. The second-order valence-electron chi connectivity index (χ2n) is 3.95. The van der Waals surface area contributed by atoms with Crippen molar-refractivity contribution in [3.8, 4) is 0 Å². The van der Waals surface area contributed by atoms with Gasteiger partial charge in [-0.15, -0.1) is 5.11 Å². The monoisotopic (exact) mass is 326 g/mol. The van der Waals surface area contributed by atoms with Crippen LogP contribution in [0.2, 0.25) is 0 Å². The van der Waals surface area contributed by atoms with Crippen LogP contribution in [0.25, 0.3) is 0 Å². The molecule has 1 aromatic rings. The standard InChI is InChI=1S/C12H15BrN4O2/c1-8(14-9(2)18)12(19)17(3)16-15-11-6-4-10(13)5-7-11/h4-8H,1-3H3,(H,14,18)/t8-/m0/s1. The Morgan fingerprint density at radius 3 is 2.42 bits per heavy atom. The molecule has 0 unspecified atom stereocenters. The van der Waals surface area contributed by atoms with Crippen molar-refractivity contribution >= 4 is 33.4 Å². The third-order valence-electron chi connectivity index (χ3n) is 2.23. The number of carbonyl (C=O) groups excluding carboxylic acids is 2. The fraction of sp³-hybridized carbons (Fsp3) is 0.333. The van der Waals surface area contributed by atoms with E-state index in [4.69, 9.17) is 0 Å². The zero-order chi connectivity index (χ0) is 14.4. The van der Waals surface area contributed by atoms with Gasteiger partial charge in [0.25, 0.3) is 5.91 Å². The highest BCUT2D eigenvalue weighted by molar-refractivity contribution is 9.10. The molecule has 102 valence electrons. The first-order chi connectivity index (χ1) is 8.90. The van der Waals surface area contributed by atoms with Gasteiger partial charge in [-0.2, -0.15) is 0 Å². The smallest absolute Gasteiger partial charge is 0.266 e. The molecular formula is C12H15BrN4O2. The van der Waals surface area contributed by atoms with E-state index in [1.165, 1.54) is 14.0 Å². The first-order valence-corrected chi connectivity index (χ1v) is 6.41. The average molecular weight is 327 g/mol. The quantitative estimate of drug-likeness (QED) is 0.681. The summed E-state index contributed by atoms with van der Waals surface area (Å²) in [5.74, 6) is -0.602. The first-order valence-electron chi connectivity index (χ1n) is 5.62. The summed E-state index contributed by atoms with van der Waals surface area (Å²) >= 11 is 3.31. The van der Waals surface area contributed by atoms with E-state index in [0.29, 0.717) is 5.69 Å². The fourth-order valence-electron chi connectivity index (χ4n) is 1.32. The number of amides is 2. The van der Waals surface area contributed by atoms with Crippen molar-refractivity contribution in [1.29, 1.82) is 0 Å². The lowest BCUT2D eigenvalue weighted by Gasteiger charge is -2.15. The molecule has 0 radical (unpaired) electrons. The van der Waals surface area contributed by atoms with Gasteiger partial charge in [-0.3, -0.25) is 9.59 Å². The van der Waals surface area contributed by atoms with Crippen LogP contribution in [0, 0.1) is 0 Å². The molecule has 0 saturated carbocycles. The molecule has 0 aliphatic heterocycles. The third kappa shape index (κ3) is 5.17. The van der Waals surface area contributed by atoms with Crippen LogP contribution in [-0.2, 0) is 9.59 Å². The number of likely N-dealkylation sites (N-methyl/N-ethyl adjacent to an activating group) is 1. The molecule has 1 rings (SSSR count). The number of carbonyl (C=O) groups is 2. The van der Waals surface area contributed by atoms with Crippen LogP contribution in [0.4, 0.5) is 5.69 Å². The second kappa shape index (κ2) is 6.98. The summed E-state index contributed by atoms with van der Waals surface area (Å²) in [4.78, 5) is 22.7. The molecule has 0 bridgehead atoms. The highest BCUT2D eigenvalue weighted by atomic mass is 79.9. The van der Waals surface area contributed by atoms with E-state index in [1.54, 1.807) is 19.1 Å². The molecule has 7 heteroatoms. The van der Waals surface area contributed by atoms with Crippen molar-refractivity contribution < 1.29 is 9.59 Å². The predicted octanol–water partition coefficient (Wildman–Crippen LogP) is 2.43. The van der Waals surface area contributed by atoms with Crippen molar-refractivity contribution in [1.82, 2.24) is 10.3 Å². The van der Waals surface area contributed by atoms with Crippen LogP contribution >= 0.6 is 15.9 Å². The van der Waals surface area contributed by atoms with Crippen LogP contribution in [-0.4, -0.2) is 29.9 Å². The molecule has 2 amide bonds. The molecule has 6 nitrogen and oxygen atoms in total. The zero-order valence-electron chi connectivity index (χ0n) is 10.9. The molecule has 1 aromatic carbocycles. The van der Waals surface area contributed by atoms with Gasteiger partial charge in [0.2, 0.25) is 5.91 Å². The van der Waals surface area contributed by atoms with Gasteiger partial charge in [-0.25, -0.2) is 5.01 Å². The molecule has 1 N–H and O–H groups in total. The third-order valence-corrected chi connectivity index (χ3v) is 2.76. The number of hydrogen-bond donors (Lipinski definition) is 1. The molecule has 0 fully saturated rings. The van der Waals surface area contributed by atoms with E-state index in [2.05, 4.69) is 31.6 Å². The molecule has 0 heterocycles. The topological polar surface area (TPSA) is 74.1 Å². The molecule has 0 spiro atoms. The fourth-order valence-corrected chi connectivity index (χ4v) is 1.58. The van der Waals surface area contributed by atoms with Crippen LogP contribution in [0.1, 0.15) is 13.8 Å². The summed E-state index contributed by atoms with van der Waals surface area (Å²) in [5.41, 5.74) is 0.634. The number of hydrogen-bond acceptors (Lipinski definition) is 4. The Labute approximate surface area is 120 Å². The van der Waals surface area contributed by atoms with E-state index in [9.17, 15) is 9.59 Å². The average Bonchev–Trinajstić information content (AvgIpc) is 2.36. The van der Waals surface area contributed by atoms with E-state index < -0.39 is 6.04 Å². The van der Waals surface area contributed by atoms with Gasteiger partial charge < -0.3 is 5.32 Å². The molecule has 0 aliphatic carbocycles. The maximum absolute atomic E-state index is 11.8. The summed E-state index contributed by atoms with van der Waals surface area (Å²) in [6.07, 6.45) is 0. The zero-order valence-corrected chi connectivity index (χ0v) is 12.5. The Hall–Kier alpha value is -1.76. The van der Waals surface area contributed by atoms with Gasteiger partial charge in [0, 0.05) is 18.4 Å². The van der Waals surface area contributed by atoms with E-state index in [-0.39, 0.29) is 11.8 Å². The maximum atomic E-state index is 11.8. The van der Waals surface area contributed by atoms with Gasteiger partial charge in [0.1, 0.15) is 6.04 Å².